The minimum Gasteiger partial charge on any atom is -0.393 e. The van der Waals surface area contributed by atoms with Gasteiger partial charge in [0, 0.05) is 0 Å². The van der Waals surface area contributed by atoms with E-state index in [1.165, 1.54) is 32.1 Å². The van der Waals surface area contributed by atoms with Crippen molar-refractivity contribution in [3.63, 3.8) is 0 Å². The molecule has 0 saturated heterocycles. The first-order valence-electron chi connectivity index (χ1n) is 5.82. The fraction of sp³-hybridized carbons (Fsp3) is 1.00. The number of rotatable bonds is 0. The summed E-state index contributed by atoms with van der Waals surface area (Å²) in [4.78, 5) is 0. The maximum atomic E-state index is 10.1. The Kier molecular flexibility index (Phi) is 2.39. The highest BCUT2D eigenvalue weighted by Crippen LogP contribution is 2.52. The Morgan fingerprint density at radius 3 is 2.62 bits per heavy atom. The van der Waals surface area contributed by atoms with E-state index in [1.54, 1.807) is 0 Å². The first kappa shape index (κ1) is 9.51. The Morgan fingerprint density at radius 1 is 1.15 bits per heavy atom. The third kappa shape index (κ3) is 1.41. The molecule has 0 aromatic rings. The van der Waals surface area contributed by atoms with E-state index in [0.29, 0.717) is 0 Å². The number of aliphatic hydroxyl groups is 1. The Bertz CT molecular complexity index is 190. The van der Waals surface area contributed by atoms with Crippen molar-refractivity contribution in [3.8, 4) is 0 Å². The minimum atomic E-state index is -0.0194. The van der Waals surface area contributed by atoms with Gasteiger partial charge in [-0.05, 0) is 42.9 Å². The fourth-order valence-electron chi connectivity index (χ4n) is 3.69. The van der Waals surface area contributed by atoms with Gasteiger partial charge in [0.2, 0.25) is 0 Å². The largest absolute Gasteiger partial charge is 0.393 e. The van der Waals surface area contributed by atoms with Gasteiger partial charge in [-0.15, -0.1) is 0 Å². The van der Waals surface area contributed by atoms with E-state index in [4.69, 9.17) is 0 Å². The molecule has 76 valence electrons. The molecule has 1 N–H and O–H groups in total. The van der Waals surface area contributed by atoms with E-state index >= 15 is 0 Å². The van der Waals surface area contributed by atoms with Crippen LogP contribution in [-0.4, -0.2) is 11.2 Å². The van der Waals surface area contributed by atoms with Gasteiger partial charge >= 0.3 is 0 Å². The molecule has 0 aromatic carbocycles. The summed E-state index contributed by atoms with van der Waals surface area (Å²) in [5.74, 6) is 1.64. The van der Waals surface area contributed by atoms with Crippen LogP contribution >= 0.6 is 0 Å². The molecular weight excluding hydrogens is 160 g/mol. The molecule has 2 rings (SSSR count). The average Bonchev–Trinajstić information content (AvgIpc) is 2.12. The molecule has 2 aliphatic carbocycles. The van der Waals surface area contributed by atoms with Crippen LogP contribution in [0.3, 0.4) is 0 Å². The van der Waals surface area contributed by atoms with Crippen molar-refractivity contribution in [3.05, 3.63) is 0 Å². The summed E-state index contributed by atoms with van der Waals surface area (Å²) < 4.78 is 0. The SMILES string of the molecule is CC1CCC(O)C2(C)CCCCC12. The highest BCUT2D eigenvalue weighted by atomic mass is 16.3. The van der Waals surface area contributed by atoms with Crippen LogP contribution < -0.4 is 0 Å². The Morgan fingerprint density at radius 2 is 1.92 bits per heavy atom. The van der Waals surface area contributed by atoms with Gasteiger partial charge < -0.3 is 5.11 Å². The van der Waals surface area contributed by atoms with Crippen LogP contribution in [0.5, 0.6) is 0 Å². The summed E-state index contributed by atoms with van der Waals surface area (Å²) in [5.41, 5.74) is 0.260. The van der Waals surface area contributed by atoms with E-state index in [1.807, 2.05) is 0 Å². The van der Waals surface area contributed by atoms with Gasteiger partial charge in [-0.2, -0.15) is 0 Å². The van der Waals surface area contributed by atoms with Crippen molar-refractivity contribution < 1.29 is 5.11 Å². The van der Waals surface area contributed by atoms with Gasteiger partial charge in [0.1, 0.15) is 0 Å². The predicted molar refractivity (Wildman–Crippen MR) is 54.5 cm³/mol. The first-order valence-corrected chi connectivity index (χ1v) is 5.82. The molecule has 2 fully saturated rings. The van der Waals surface area contributed by atoms with Crippen LogP contribution in [0.4, 0.5) is 0 Å². The van der Waals surface area contributed by atoms with Crippen molar-refractivity contribution in [2.45, 2.75) is 58.5 Å². The maximum absolute atomic E-state index is 10.1. The second kappa shape index (κ2) is 3.27. The standard InChI is InChI=1S/C12H22O/c1-9-6-7-11(13)12(2)8-4-3-5-10(9)12/h9-11,13H,3-8H2,1-2H3. The monoisotopic (exact) mass is 182 g/mol. The maximum Gasteiger partial charge on any atom is 0.0596 e. The highest BCUT2D eigenvalue weighted by Gasteiger charge is 2.47. The summed E-state index contributed by atoms with van der Waals surface area (Å²) in [6, 6.07) is 0. The quantitative estimate of drug-likeness (QED) is 0.610. The van der Waals surface area contributed by atoms with Crippen LogP contribution in [-0.2, 0) is 0 Å². The third-order valence-corrected chi connectivity index (χ3v) is 4.67. The van der Waals surface area contributed by atoms with Crippen molar-refractivity contribution in [2.24, 2.45) is 17.3 Å². The summed E-state index contributed by atoms with van der Waals surface area (Å²) in [6.45, 7) is 4.69. The normalized spacial score (nSPS) is 51.5. The Hall–Kier alpha value is -0.0400. The van der Waals surface area contributed by atoms with Crippen LogP contribution in [0.1, 0.15) is 52.4 Å². The minimum absolute atomic E-state index is 0.0194. The number of hydrogen-bond donors (Lipinski definition) is 1. The van der Waals surface area contributed by atoms with Crippen molar-refractivity contribution in [1.82, 2.24) is 0 Å². The smallest absolute Gasteiger partial charge is 0.0596 e. The fourth-order valence-corrected chi connectivity index (χ4v) is 3.69. The second-order valence-corrected chi connectivity index (χ2v) is 5.43. The Labute approximate surface area is 81.5 Å². The predicted octanol–water partition coefficient (Wildman–Crippen LogP) is 2.97. The zero-order chi connectivity index (χ0) is 9.47. The van der Waals surface area contributed by atoms with E-state index in [0.717, 1.165) is 18.3 Å². The van der Waals surface area contributed by atoms with Gasteiger partial charge in [0.25, 0.3) is 0 Å². The van der Waals surface area contributed by atoms with Gasteiger partial charge in [-0.25, -0.2) is 0 Å². The first-order chi connectivity index (χ1) is 6.14. The summed E-state index contributed by atoms with van der Waals surface area (Å²) >= 11 is 0. The van der Waals surface area contributed by atoms with E-state index in [2.05, 4.69) is 13.8 Å². The Balaban J connectivity index is 2.20. The highest BCUT2D eigenvalue weighted by molar-refractivity contribution is 4.97. The van der Waals surface area contributed by atoms with Crippen LogP contribution in [0.15, 0.2) is 0 Å². The van der Waals surface area contributed by atoms with Crippen molar-refractivity contribution >= 4 is 0 Å². The summed E-state index contributed by atoms with van der Waals surface area (Å²) in [5, 5.41) is 10.1. The molecule has 1 nitrogen and oxygen atoms in total. The lowest BCUT2D eigenvalue weighted by Crippen LogP contribution is -2.47. The number of hydrogen-bond acceptors (Lipinski definition) is 1. The molecule has 0 spiro atoms. The number of aliphatic hydroxyl groups excluding tert-OH is 1. The molecule has 0 heterocycles. The van der Waals surface area contributed by atoms with Gasteiger partial charge in [0.15, 0.2) is 0 Å². The molecule has 0 amide bonds. The molecule has 2 aliphatic rings. The molecule has 4 atom stereocenters. The van der Waals surface area contributed by atoms with Crippen molar-refractivity contribution in [1.29, 1.82) is 0 Å². The lowest BCUT2D eigenvalue weighted by molar-refractivity contribution is -0.0879. The zero-order valence-corrected chi connectivity index (χ0v) is 8.92. The molecule has 4 unspecified atom stereocenters. The second-order valence-electron chi connectivity index (χ2n) is 5.43. The van der Waals surface area contributed by atoms with Gasteiger partial charge in [-0.1, -0.05) is 26.7 Å². The van der Waals surface area contributed by atoms with Crippen LogP contribution in [0.25, 0.3) is 0 Å². The summed E-state index contributed by atoms with van der Waals surface area (Å²) in [7, 11) is 0. The molecule has 0 aliphatic heterocycles. The lowest BCUT2D eigenvalue weighted by atomic mass is 9.56. The average molecular weight is 182 g/mol. The summed E-state index contributed by atoms with van der Waals surface area (Å²) in [6.07, 6.45) is 7.58. The number of fused-ring (bicyclic) bond motifs is 1. The third-order valence-electron chi connectivity index (χ3n) is 4.67. The molecule has 2 saturated carbocycles. The lowest BCUT2D eigenvalue weighted by Gasteiger charge is -2.51. The van der Waals surface area contributed by atoms with E-state index in [9.17, 15) is 5.11 Å². The molecule has 0 bridgehead atoms. The molecule has 13 heavy (non-hydrogen) atoms. The van der Waals surface area contributed by atoms with E-state index in [-0.39, 0.29) is 11.5 Å². The van der Waals surface area contributed by atoms with E-state index < -0.39 is 0 Å². The molecular formula is C12H22O. The zero-order valence-electron chi connectivity index (χ0n) is 8.92. The van der Waals surface area contributed by atoms with Crippen LogP contribution in [0.2, 0.25) is 0 Å². The molecule has 1 heteroatoms. The molecule has 0 radical (unpaired) electrons. The van der Waals surface area contributed by atoms with Gasteiger partial charge in [0.05, 0.1) is 6.10 Å². The van der Waals surface area contributed by atoms with Crippen molar-refractivity contribution in [2.75, 3.05) is 0 Å². The van der Waals surface area contributed by atoms with Gasteiger partial charge in [-0.3, -0.25) is 0 Å². The topological polar surface area (TPSA) is 20.2 Å². The van der Waals surface area contributed by atoms with Crippen LogP contribution in [0, 0.1) is 17.3 Å². The molecule has 0 aromatic heterocycles.